The molecule has 1 amide bonds. The molecule has 0 radical (unpaired) electrons. The molecule has 1 atom stereocenters. The fourth-order valence-corrected chi connectivity index (χ4v) is 4.18. The average Bonchev–Trinajstić information content (AvgIpc) is 3.54. The van der Waals surface area contributed by atoms with Gasteiger partial charge < -0.3 is 24.6 Å². The first kappa shape index (κ1) is 24.3. The first-order chi connectivity index (χ1) is 18.0. The normalized spacial score (nSPS) is 15.5. The number of nitrogens with one attached hydrogen (secondary N) is 2. The second kappa shape index (κ2) is 11.1. The minimum atomic E-state index is 0.0309. The average molecular weight is 499 g/mol. The number of hydrogen-bond donors (Lipinski definition) is 2. The Labute approximate surface area is 215 Å². The van der Waals surface area contributed by atoms with Gasteiger partial charge in [0, 0.05) is 44.0 Å². The van der Waals surface area contributed by atoms with Crippen LogP contribution in [-0.2, 0) is 4.79 Å². The maximum absolute atomic E-state index is 12.5. The van der Waals surface area contributed by atoms with Crippen molar-refractivity contribution in [1.29, 1.82) is 0 Å². The lowest BCUT2D eigenvalue weighted by Crippen LogP contribution is -2.30. The summed E-state index contributed by atoms with van der Waals surface area (Å²) in [5.41, 5.74) is 0.626. The van der Waals surface area contributed by atoms with E-state index in [0.717, 1.165) is 29.9 Å². The van der Waals surface area contributed by atoms with Crippen LogP contribution in [0.15, 0.2) is 79.0 Å². The highest BCUT2D eigenvalue weighted by Crippen LogP contribution is 2.34. The molecule has 4 aromatic rings. The van der Waals surface area contributed by atoms with Crippen LogP contribution < -0.4 is 14.8 Å². The zero-order chi connectivity index (χ0) is 25.6. The number of likely N-dealkylation sites (tertiary alicyclic amines) is 1. The van der Waals surface area contributed by atoms with Gasteiger partial charge in [-0.05, 0) is 56.9 Å². The van der Waals surface area contributed by atoms with E-state index in [4.69, 9.17) is 9.47 Å². The number of pyridine rings is 1. The van der Waals surface area contributed by atoms with Gasteiger partial charge in [-0.25, -0.2) is 4.98 Å². The molecule has 0 spiro atoms. The largest absolute Gasteiger partial charge is 0.457 e. The third kappa shape index (κ3) is 6.07. The highest BCUT2D eigenvalue weighted by molar-refractivity contribution is 5.93. The van der Waals surface area contributed by atoms with Crippen LogP contribution in [0.4, 0.5) is 5.82 Å². The number of nitrogens with zero attached hydrogens (tertiary/aromatic N) is 4. The maximum Gasteiger partial charge on any atom is 0.246 e. The summed E-state index contributed by atoms with van der Waals surface area (Å²) < 4.78 is 12.1. The summed E-state index contributed by atoms with van der Waals surface area (Å²) in [4.78, 5) is 20.8. The molecule has 37 heavy (non-hydrogen) atoms. The molecule has 9 heteroatoms. The van der Waals surface area contributed by atoms with Crippen LogP contribution in [0.1, 0.15) is 6.42 Å². The van der Waals surface area contributed by atoms with Crippen molar-refractivity contribution in [1.82, 2.24) is 25.0 Å². The number of rotatable bonds is 9. The SMILES string of the molecule is CN(C)CC=CC(=O)N1CC[C@@H](Nc2n[nH]c3nccc(Oc4ccc(Oc5ccccc5)cc4)c23)C1. The molecule has 1 saturated heterocycles. The highest BCUT2D eigenvalue weighted by atomic mass is 16.5. The molecule has 1 fully saturated rings. The van der Waals surface area contributed by atoms with Crippen molar-refractivity contribution < 1.29 is 14.3 Å². The molecule has 1 aliphatic heterocycles. The van der Waals surface area contributed by atoms with E-state index in [1.807, 2.05) is 90.6 Å². The van der Waals surface area contributed by atoms with Gasteiger partial charge in [0.25, 0.3) is 0 Å². The lowest BCUT2D eigenvalue weighted by Gasteiger charge is -2.16. The Morgan fingerprint density at radius 3 is 2.57 bits per heavy atom. The topological polar surface area (TPSA) is 95.6 Å². The van der Waals surface area contributed by atoms with Crippen molar-refractivity contribution in [2.75, 3.05) is 39.0 Å². The monoisotopic (exact) mass is 498 g/mol. The lowest BCUT2D eigenvalue weighted by molar-refractivity contribution is -0.125. The number of likely N-dealkylation sites (N-methyl/N-ethyl adjacent to an activating group) is 1. The summed E-state index contributed by atoms with van der Waals surface area (Å²) in [5, 5.41) is 11.7. The van der Waals surface area contributed by atoms with Crippen molar-refractivity contribution >= 4 is 22.8 Å². The fraction of sp³-hybridized carbons (Fsp3) is 0.250. The van der Waals surface area contributed by atoms with Crippen LogP contribution in [0.2, 0.25) is 0 Å². The quantitative estimate of drug-likeness (QED) is 0.324. The van der Waals surface area contributed by atoms with E-state index >= 15 is 0 Å². The number of aromatic amines is 1. The molecule has 3 heterocycles. The van der Waals surface area contributed by atoms with Crippen LogP contribution >= 0.6 is 0 Å². The minimum Gasteiger partial charge on any atom is -0.457 e. The van der Waals surface area contributed by atoms with Crippen LogP contribution in [-0.4, -0.2) is 70.7 Å². The minimum absolute atomic E-state index is 0.0309. The molecular formula is C28H30N6O3. The molecule has 0 aliphatic carbocycles. The van der Waals surface area contributed by atoms with Gasteiger partial charge in [-0.2, -0.15) is 5.10 Å². The summed E-state index contributed by atoms with van der Waals surface area (Å²) in [7, 11) is 3.95. The van der Waals surface area contributed by atoms with E-state index in [2.05, 4.69) is 20.5 Å². The maximum atomic E-state index is 12.5. The Morgan fingerprint density at radius 1 is 1.08 bits per heavy atom. The highest BCUT2D eigenvalue weighted by Gasteiger charge is 2.26. The van der Waals surface area contributed by atoms with Crippen molar-refractivity contribution in [2.45, 2.75) is 12.5 Å². The third-order valence-electron chi connectivity index (χ3n) is 6.03. The molecule has 2 aromatic heterocycles. The smallest absolute Gasteiger partial charge is 0.246 e. The zero-order valence-electron chi connectivity index (χ0n) is 20.9. The molecule has 2 N–H and O–H groups in total. The lowest BCUT2D eigenvalue weighted by atomic mass is 10.2. The van der Waals surface area contributed by atoms with E-state index in [-0.39, 0.29) is 11.9 Å². The van der Waals surface area contributed by atoms with Crippen molar-refractivity contribution in [3.63, 3.8) is 0 Å². The Bertz CT molecular complexity index is 1370. The molecule has 2 aromatic carbocycles. The van der Waals surface area contributed by atoms with E-state index in [0.29, 0.717) is 36.1 Å². The molecule has 0 saturated carbocycles. The number of hydrogen-bond acceptors (Lipinski definition) is 7. The van der Waals surface area contributed by atoms with E-state index in [9.17, 15) is 4.79 Å². The number of carbonyl (C=O) groups excluding carboxylic acids is 1. The number of carbonyl (C=O) groups is 1. The molecule has 5 rings (SSSR count). The summed E-state index contributed by atoms with van der Waals surface area (Å²) >= 11 is 0. The second-order valence-corrected chi connectivity index (χ2v) is 9.17. The molecule has 0 unspecified atom stereocenters. The molecule has 190 valence electrons. The van der Waals surface area contributed by atoms with Crippen molar-refractivity contribution in [2.24, 2.45) is 0 Å². The fourth-order valence-electron chi connectivity index (χ4n) is 4.18. The summed E-state index contributed by atoms with van der Waals surface area (Å²) in [6.07, 6.45) is 6.06. The third-order valence-corrected chi connectivity index (χ3v) is 6.03. The van der Waals surface area contributed by atoms with Crippen LogP contribution in [0, 0.1) is 0 Å². The van der Waals surface area contributed by atoms with Gasteiger partial charge in [-0.1, -0.05) is 24.3 Å². The Kier molecular flexibility index (Phi) is 7.32. The van der Waals surface area contributed by atoms with Gasteiger partial charge in [0.2, 0.25) is 5.91 Å². The number of amides is 1. The standard InChI is InChI=1S/C28H30N6O3/c1-33(2)17-6-9-25(35)34-18-15-20(19-34)30-28-26-24(14-16-29-27(26)31-32-28)37-23-12-10-22(11-13-23)36-21-7-4-3-5-8-21/h3-14,16,20H,15,17-19H2,1-2H3,(H2,29,30,31,32)/t20-/m1/s1. The van der Waals surface area contributed by atoms with Gasteiger partial charge in [0.1, 0.15) is 28.4 Å². The summed E-state index contributed by atoms with van der Waals surface area (Å²) in [5.74, 6) is 3.49. The van der Waals surface area contributed by atoms with Gasteiger partial charge in [-0.3, -0.25) is 9.89 Å². The Hall–Kier alpha value is -4.37. The van der Waals surface area contributed by atoms with Crippen molar-refractivity contribution in [3.8, 4) is 23.0 Å². The number of H-pyrrole nitrogens is 1. The first-order valence-electron chi connectivity index (χ1n) is 12.3. The van der Waals surface area contributed by atoms with E-state index < -0.39 is 0 Å². The molecule has 9 nitrogen and oxygen atoms in total. The van der Waals surface area contributed by atoms with E-state index in [1.165, 1.54) is 0 Å². The number of anilines is 1. The van der Waals surface area contributed by atoms with Gasteiger partial charge in [0.05, 0.1) is 0 Å². The zero-order valence-corrected chi connectivity index (χ0v) is 20.9. The van der Waals surface area contributed by atoms with Gasteiger partial charge in [0.15, 0.2) is 11.5 Å². The Morgan fingerprint density at radius 2 is 1.81 bits per heavy atom. The van der Waals surface area contributed by atoms with Crippen LogP contribution in [0.5, 0.6) is 23.0 Å². The van der Waals surface area contributed by atoms with Crippen molar-refractivity contribution in [3.05, 3.63) is 79.0 Å². The Balaban J connectivity index is 1.25. The molecule has 1 aliphatic rings. The molecular weight excluding hydrogens is 468 g/mol. The van der Waals surface area contributed by atoms with Gasteiger partial charge in [-0.15, -0.1) is 0 Å². The molecule has 0 bridgehead atoms. The number of fused-ring (bicyclic) bond motifs is 1. The van der Waals surface area contributed by atoms with Crippen LogP contribution in [0.3, 0.4) is 0 Å². The number of aromatic nitrogens is 3. The second-order valence-electron chi connectivity index (χ2n) is 9.17. The summed E-state index contributed by atoms with van der Waals surface area (Å²) in [6.45, 7) is 2.04. The predicted octanol–water partition coefficient (Wildman–Crippen LogP) is 4.67. The first-order valence-corrected chi connectivity index (χ1v) is 12.3. The number of para-hydroxylation sites is 1. The number of benzene rings is 2. The number of ether oxygens (including phenoxy) is 2. The van der Waals surface area contributed by atoms with Gasteiger partial charge >= 0.3 is 0 Å². The van der Waals surface area contributed by atoms with E-state index in [1.54, 1.807) is 12.3 Å². The summed E-state index contributed by atoms with van der Waals surface area (Å²) in [6, 6.07) is 19.0. The van der Waals surface area contributed by atoms with Crippen LogP contribution in [0.25, 0.3) is 11.0 Å². The predicted molar refractivity (Wildman–Crippen MR) is 143 cm³/mol.